The number of rotatable bonds is 5. The molecule has 2 N–H and O–H groups in total. The van der Waals surface area contributed by atoms with Crippen molar-refractivity contribution in [2.45, 2.75) is 24.9 Å². The molecule has 3 unspecified atom stereocenters. The normalized spacial score (nSPS) is 21.2. The van der Waals surface area contributed by atoms with Gasteiger partial charge in [0.1, 0.15) is 11.5 Å². The number of fused-ring (bicyclic) bond motifs is 1. The summed E-state index contributed by atoms with van der Waals surface area (Å²) < 4.78 is 12.4. The molecule has 0 fully saturated rings. The number of ether oxygens (including phenoxy) is 2. The van der Waals surface area contributed by atoms with Crippen molar-refractivity contribution in [3.63, 3.8) is 0 Å². The summed E-state index contributed by atoms with van der Waals surface area (Å²) in [6.45, 7) is 1.59. The third kappa shape index (κ3) is 4.13. The summed E-state index contributed by atoms with van der Waals surface area (Å²) in [4.78, 5) is 30.9. The molecule has 2 aromatic carbocycles. The van der Waals surface area contributed by atoms with E-state index >= 15 is 0 Å². The molecule has 1 aliphatic rings. The van der Waals surface area contributed by atoms with Crippen LogP contribution >= 0.6 is 0 Å². The van der Waals surface area contributed by atoms with Gasteiger partial charge in [0.05, 0.1) is 18.6 Å². The lowest BCUT2D eigenvalue weighted by atomic mass is 9.66. The van der Waals surface area contributed by atoms with E-state index in [2.05, 4.69) is 10.1 Å². The Kier molecular flexibility index (Phi) is 5.74. The van der Waals surface area contributed by atoms with Gasteiger partial charge in [-0.3, -0.25) is 14.7 Å². The second-order valence-electron chi connectivity index (χ2n) is 8.83. The highest BCUT2D eigenvalue weighted by molar-refractivity contribution is 5.77. The third-order valence-corrected chi connectivity index (χ3v) is 6.38. The van der Waals surface area contributed by atoms with E-state index in [-0.39, 0.29) is 12.0 Å². The van der Waals surface area contributed by atoms with Gasteiger partial charge < -0.3 is 14.6 Å². The van der Waals surface area contributed by atoms with Gasteiger partial charge in [0.2, 0.25) is 0 Å². The monoisotopic (exact) mass is 471 g/mol. The van der Waals surface area contributed by atoms with Crippen molar-refractivity contribution in [3.05, 3.63) is 106 Å². The number of aliphatic hydroxyl groups is 1. The maximum atomic E-state index is 13.7. The standard InChI is InChI=1S/C27H25N3O5/c1-27(33)16-20-23(25(31)30(29-20)21-13-6-7-14-28-21)22(24(27)26(32)34-2)17-9-8-12-19(15-17)35-18-10-4-3-5-11-18/h3-15,22,24,29,33H,16H2,1-2H3. The zero-order chi connectivity index (χ0) is 24.6. The fourth-order valence-corrected chi connectivity index (χ4v) is 4.86. The number of carbonyl (C=O) groups excluding carboxylic acids is 1. The lowest BCUT2D eigenvalue weighted by Crippen LogP contribution is -2.50. The zero-order valence-corrected chi connectivity index (χ0v) is 19.3. The number of hydrogen-bond acceptors (Lipinski definition) is 6. The van der Waals surface area contributed by atoms with Gasteiger partial charge in [0, 0.05) is 29.8 Å². The molecule has 0 bridgehead atoms. The minimum Gasteiger partial charge on any atom is -0.469 e. The summed E-state index contributed by atoms with van der Waals surface area (Å²) in [5, 5.41) is 14.5. The van der Waals surface area contributed by atoms with Gasteiger partial charge in [-0.1, -0.05) is 36.4 Å². The summed E-state index contributed by atoms with van der Waals surface area (Å²) in [5.74, 6) is -0.748. The molecule has 4 aromatic rings. The van der Waals surface area contributed by atoms with E-state index in [4.69, 9.17) is 9.47 Å². The number of aromatic nitrogens is 3. The lowest BCUT2D eigenvalue weighted by molar-refractivity contribution is -0.156. The minimum absolute atomic E-state index is 0.0773. The number of esters is 1. The number of nitrogens with zero attached hydrogens (tertiary/aromatic N) is 2. The number of hydrogen-bond donors (Lipinski definition) is 2. The van der Waals surface area contributed by atoms with Crippen molar-refractivity contribution < 1.29 is 19.4 Å². The molecule has 0 spiro atoms. The number of methoxy groups -OCH3 is 1. The molecular formula is C27H25N3O5. The Bertz CT molecular complexity index is 1410. The van der Waals surface area contributed by atoms with Gasteiger partial charge in [0.15, 0.2) is 5.82 Å². The molecular weight excluding hydrogens is 446 g/mol. The number of nitrogens with one attached hydrogen (secondary N) is 1. The molecule has 0 saturated heterocycles. The average molecular weight is 472 g/mol. The van der Waals surface area contributed by atoms with Crippen molar-refractivity contribution in [1.29, 1.82) is 0 Å². The van der Waals surface area contributed by atoms with Crippen molar-refractivity contribution in [1.82, 2.24) is 14.8 Å². The van der Waals surface area contributed by atoms with Crippen LogP contribution in [0.5, 0.6) is 11.5 Å². The summed E-state index contributed by atoms with van der Waals surface area (Å²) in [6.07, 6.45) is 1.67. The first-order valence-corrected chi connectivity index (χ1v) is 11.3. The molecule has 35 heavy (non-hydrogen) atoms. The second-order valence-corrected chi connectivity index (χ2v) is 8.83. The zero-order valence-electron chi connectivity index (χ0n) is 19.3. The fraction of sp³-hybridized carbons (Fsp3) is 0.222. The molecule has 178 valence electrons. The molecule has 0 radical (unpaired) electrons. The Hall–Kier alpha value is -4.17. The lowest BCUT2D eigenvalue weighted by Gasteiger charge is -2.40. The van der Waals surface area contributed by atoms with E-state index in [9.17, 15) is 14.7 Å². The van der Waals surface area contributed by atoms with Gasteiger partial charge in [-0.15, -0.1) is 0 Å². The molecule has 5 rings (SSSR count). The van der Waals surface area contributed by atoms with Gasteiger partial charge in [-0.2, -0.15) is 0 Å². The van der Waals surface area contributed by atoms with Crippen LogP contribution in [0.3, 0.4) is 0 Å². The number of para-hydroxylation sites is 1. The highest BCUT2D eigenvalue weighted by Crippen LogP contribution is 2.45. The van der Waals surface area contributed by atoms with Crippen LogP contribution in [-0.2, 0) is 16.0 Å². The van der Waals surface area contributed by atoms with E-state index in [1.807, 2.05) is 36.4 Å². The summed E-state index contributed by atoms with van der Waals surface area (Å²) in [5.41, 5.74) is -0.207. The molecule has 3 atom stereocenters. The predicted molar refractivity (Wildman–Crippen MR) is 129 cm³/mol. The van der Waals surface area contributed by atoms with Crippen LogP contribution in [0.1, 0.15) is 29.7 Å². The number of H-pyrrole nitrogens is 1. The summed E-state index contributed by atoms with van der Waals surface area (Å²) >= 11 is 0. The van der Waals surface area contributed by atoms with E-state index in [0.29, 0.717) is 34.1 Å². The van der Waals surface area contributed by atoms with Gasteiger partial charge in [0.25, 0.3) is 5.56 Å². The number of carbonyl (C=O) groups is 1. The molecule has 2 heterocycles. The Morgan fingerprint density at radius 2 is 1.83 bits per heavy atom. The van der Waals surface area contributed by atoms with Crippen LogP contribution in [0.25, 0.3) is 5.82 Å². The highest BCUT2D eigenvalue weighted by Gasteiger charge is 2.51. The van der Waals surface area contributed by atoms with E-state index < -0.39 is 23.4 Å². The van der Waals surface area contributed by atoms with Gasteiger partial charge >= 0.3 is 5.97 Å². The summed E-state index contributed by atoms with van der Waals surface area (Å²) in [6, 6.07) is 21.8. The third-order valence-electron chi connectivity index (χ3n) is 6.38. The van der Waals surface area contributed by atoms with Crippen LogP contribution in [0.2, 0.25) is 0 Å². The van der Waals surface area contributed by atoms with Crippen molar-refractivity contribution in [2.75, 3.05) is 7.11 Å². The number of benzene rings is 2. The Morgan fingerprint density at radius 3 is 2.54 bits per heavy atom. The van der Waals surface area contributed by atoms with Crippen molar-refractivity contribution in [3.8, 4) is 17.3 Å². The highest BCUT2D eigenvalue weighted by atomic mass is 16.5. The van der Waals surface area contributed by atoms with Crippen LogP contribution in [0, 0.1) is 5.92 Å². The van der Waals surface area contributed by atoms with Crippen LogP contribution in [0.4, 0.5) is 0 Å². The molecule has 2 aromatic heterocycles. The smallest absolute Gasteiger partial charge is 0.312 e. The molecule has 0 amide bonds. The second kappa shape index (κ2) is 8.88. The fourth-order valence-electron chi connectivity index (χ4n) is 4.86. The molecule has 8 nitrogen and oxygen atoms in total. The maximum Gasteiger partial charge on any atom is 0.312 e. The minimum atomic E-state index is -1.47. The van der Waals surface area contributed by atoms with E-state index in [1.165, 1.54) is 11.8 Å². The Morgan fingerprint density at radius 1 is 1.09 bits per heavy atom. The predicted octanol–water partition coefficient (Wildman–Crippen LogP) is 3.58. The average Bonchev–Trinajstić information content (AvgIpc) is 3.18. The first-order valence-electron chi connectivity index (χ1n) is 11.3. The van der Waals surface area contributed by atoms with Gasteiger partial charge in [-0.05, 0) is 48.9 Å². The first-order chi connectivity index (χ1) is 16.9. The molecule has 1 aliphatic carbocycles. The molecule has 0 saturated carbocycles. The largest absolute Gasteiger partial charge is 0.469 e. The SMILES string of the molecule is COC(=O)C1C(c2cccc(Oc3ccccc3)c2)c2c([nH]n(-c3ccccn3)c2=O)CC1(C)O. The first kappa shape index (κ1) is 22.6. The topological polar surface area (TPSA) is 106 Å². The van der Waals surface area contributed by atoms with Gasteiger partial charge in [-0.25, -0.2) is 9.67 Å². The van der Waals surface area contributed by atoms with E-state index in [0.717, 1.165) is 0 Å². The van der Waals surface area contributed by atoms with E-state index in [1.54, 1.807) is 49.5 Å². The van der Waals surface area contributed by atoms with Crippen molar-refractivity contribution >= 4 is 5.97 Å². The van der Waals surface area contributed by atoms with Crippen molar-refractivity contribution in [2.24, 2.45) is 5.92 Å². The maximum absolute atomic E-state index is 13.7. The van der Waals surface area contributed by atoms with Crippen LogP contribution < -0.4 is 10.3 Å². The number of aromatic amines is 1. The molecule has 8 heteroatoms. The van der Waals surface area contributed by atoms with Crippen LogP contribution in [-0.4, -0.2) is 38.6 Å². The number of pyridine rings is 1. The molecule has 0 aliphatic heterocycles. The Labute approximate surface area is 201 Å². The Balaban J connectivity index is 1.67. The quantitative estimate of drug-likeness (QED) is 0.431. The van der Waals surface area contributed by atoms with Crippen LogP contribution in [0.15, 0.2) is 83.8 Å². The summed E-state index contributed by atoms with van der Waals surface area (Å²) in [7, 11) is 1.28.